The molecule has 0 saturated carbocycles. The van der Waals surface area contributed by atoms with E-state index in [0.29, 0.717) is 27.2 Å². The molecule has 8 heteroatoms. The number of ether oxygens (including phenoxy) is 1. The Hall–Kier alpha value is -2.22. The Morgan fingerprint density at radius 1 is 1.21 bits per heavy atom. The number of esters is 1. The topological polar surface area (TPSA) is 81.5 Å². The molecule has 2 atom stereocenters. The highest BCUT2D eigenvalue weighted by Crippen LogP contribution is 2.29. The molecule has 2 aliphatic rings. The van der Waals surface area contributed by atoms with Crippen LogP contribution in [0.4, 0.5) is 0 Å². The van der Waals surface area contributed by atoms with Crippen LogP contribution < -0.4 is 5.56 Å². The Kier molecular flexibility index (Phi) is 4.99. The molecule has 0 aliphatic carbocycles. The van der Waals surface area contributed by atoms with Crippen molar-refractivity contribution in [3.8, 4) is 0 Å². The second-order valence-electron chi connectivity index (χ2n) is 7.83. The van der Waals surface area contributed by atoms with Crippen molar-refractivity contribution in [2.24, 2.45) is 0 Å². The van der Waals surface area contributed by atoms with Gasteiger partial charge in [-0.05, 0) is 52.0 Å². The van der Waals surface area contributed by atoms with Crippen molar-refractivity contribution < 1.29 is 14.3 Å². The van der Waals surface area contributed by atoms with Gasteiger partial charge in [0.25, 0.3) is 11.5 Å². The molecule has 0 unspecified atom stereocenters. The van der Waals surface area contributed by atoms with E-state index in [1.54, 1.807) is 11.5 Å². The van der Waals surface area contributed by atoms with Crippen LogP contribution in [0.1, 0.15) is 60.6 Å². The van der Waals surface area contributed by atoms with Gasteiger partial charge in [0, 0.05) is 25.0 Å². The van der Waals surface area contributed by atoms with Crippen LogP contribution >= 0.6 is 11.3 Å². The molecule has 7 nitrogen and oxygen atoms in total. The maximum Gasteiger partial charge on any atom is 0.349 e. The number of aryl methyl sites for hydroxylation is 2. The maximum atomic E-state index is 12.7. The summed E-state index contributed by atoms with van der Waals surface area (Å²) in [7, 11) is 0. The van der Waals surface area contributed by atoms with E-state index in [-0.39, 0.29) is 30.2 Å². The lowest BCUT2D eigenvalue weighted by atomic mass is 9.97. The van der Waals surface area contributed by atoms with Gasteiger partial charge in [-0.3, -0.25) is 14.2 Å². The first-order valence-corrected chi connectivity index (χ1v) is 10.7. The van der Waals surface area contributed by atoms with Gasteiger partial charge >= 0.3 is 5.97 Å². The van der Waals surface area contributed by atoms with E-state index < -0.39 is 5.97 Å². The maximum absolute atomic E-state index is 12.7. The fraction of sp³-hybridized carbons (Fsp3) is 0.600. The molecule has 1 saturated heterocycles. The van der Waals surface area contributed by atoms with Gasteiger partial charge in [0.05, 0.1) is 5.39 Å². The number of thiophene rings is 1. The predicted octanol–water partition coefficient (Wildman–Crippen LogP) is 2.66. The summed E-state index contributed by atoms with van der Waals surface area (Å²) in [6.07, 6.45) is 4.75. The molecule has 0 aromatic carbocycles. The van der Waals surface area contributed by atoms with Gasteiger partial charge in [-0.15, -0.1) is 11.3 Å². The molecular formula is C20H25N3O4S. The third kappa shape index (κ3) is 3.13. The quantitative estimate of drug-likeness (QED) is 0.736. The van der Waals surface area contributed by atoms with Crippen molar-refractivity contribution in [2.75, 3.05) is 6.61 Å². The molecule has 0 radical (unpaired) electrons. The van der Waals surface area contributed by atoms with E-state index >= 15 is 0 Å². The van der Waals surface area contributed by atoms with Gasteiger partial charge in [-0.1, -0.05) is 0 Å². The van der Waals surface area contributed by atoms with Crippen molar-refractivity contribution in [2.45, 2.75) is 71.5 Å². The SMILES string of the molecule is Cc1c(C(=O)OCC(=O)N2[C@H](C)CCC[C@H]2C)sc2nc3n(c(=O)c12)CCC3. The van der Waals surface area contributed by atoms with E-state index in [2.05, 4.69) is 4.98 Å². The molecule has 2 aromatic heterocycles. The minimum Gasteiger partial charge on any atom is -0.451 e. The van der Waals surface area contributed by atoms with Gasteiger partial charge in [-0.2, -0.15) is 0 Å². The van der Waals surface area contributed by atoms with Crippen LogP contribution in [0.3, 0.4) is 0 Å². The second-order valence-corrected chi connectivity index (χ2v) is 8.83. The Morgan fingerprint density at radius 3 is 2.64 bits per heavy atom. The summed E-state index contributed by atoms with van der Waals surface area (Å²) in [5.74, 6) is 0.0571. The number of carbonyl (C=O) groups is 2. The molecule has 4 heterocycles. The molecule has 1 amide bonds. The summed E-state index contributed by atoms with van der Waals surface area (Å²) in [4.78, 5) is 45.3. The van der Waals surface area contributed by atoms with Crippen LogP contribution in [0, 0.1) is 6.92 Å². The first-order valence-electron chi connectivity index (χ1n) is 9.89. The summed E-state index contributed by atoms with van der Waals surface area (Å²) < 4.78 is 7.03. The Balaban J connectivity index is 1.53. The number of aromatic nitrogens is 2. The van der Waals surface area contributed by atoms with E-state index in [0.717, 1.165) is 37.9 Å². The number of likely N-dealkylation sites (tertiary alicyclic amines) is 1. The van der Waals surface area contributed by atoms with Gasteiger partial charge in [-0.25, -0.2) is 9.78 Å². The van der Waals surface area contributed by atoms with Crippen molar-refractivity contribution in [1.29, 1.82) is 0 Å². The highest BCUT2D eigenvalue weighted by Gasteiger charge is 2.30. The lowest BCUT2D eigenvalue weighted by Gasteiger charge is -2.38. The molecule has 28 heavy (non-hydrogen) atoms. The first-order chi connectivity index (χ1) is 13.4. The molecule has 0 N–H and O–H groups in total. The normalized spacial score (nSPS) is 21.8. The van der Waals surface area contributed by atoms with Crippen LogP contribution in [-0.4, -0.2) is 45.0 Å². The molecular weight excluding hydrogens is 378 g/mol. The number of hydrogen-bond donors (Lipinski definition) is 0. The highest BCUT2D eigenvalue weighted by molar-refractivity contribution is 7.20. The first kappa shape index (κ1) is 19.1. The van der Waals surface area contributed by atoms with E-state index in [1.807, 2.05) is 18.7 Å². The van der Waals surface area contributed by atoms with E-state index in [4.69, 9.17) is 4.74 Å². The number of fused-ring (bicyclic) bond motifs is 2. The molecule has 0 bridgehead atoms. The van der Waals surface area contributed by atoms with Gasteiger partial charge in [0.1, 0.15) is 15.5 Å². The minimum atomic E-state index is -0.560. The third-order valence-electron chi connectivity index (χ3n) is 5.91. The standard InChI is InChI=1S/C20H25N3O4S/c1-11-6-4-7-12(2)23(11)15(24)10-27-20(26)17-13(3)16-18(28-17)21-14-8-5-9-22(14)19(16)25/h11-12H,4-10H2,1-3H3/t11-,12-/m1/s1. The molecule has 1 fully saturated rings. The number of nitrogens with zero attached hydrogens (tertiary/aromatic N) is 3. The van der Waals surface area contributed by atoms with Gasteiger partial charge < -0.3 is 9.64 Å². The second kappa shape index (κ2) is 7.31. The predicted molar refractivity (Wildman–Crippen MR) is 107 cm³/mol. The van der Waals surface area contributed by atoms with Crippen molar-refractivity contribution in [3.63, 3.8) is 0 Å². The average Bonchev–Trinajstić information content (AvgIpc) is 3.25. The minimum absolute atomic E-state index is 0.0858. The zero-order valence-electron chi connectivity index (χ0n) is 16.5. The zero-order valence-corrected chi connectivity index (χ0v) is 17.3. The Morgan fingerprint density at radius 2 is 1.93 bits per heavy atom. The van der Waals surface area contributed by atoms with Crippen LogP contribution in [0.25, 0.3) is 10.2 Å². The third-order valence-corrected chi connectivity index (χ3v) is 7.07. The molecule has 2 aliphatic heterocycles. The van der Waals surface area contributed by atoms with Crippen molar-refractivity contribution in [3.05, 3.63) is 26.6 Å². The number of piperidine rings is 1. The monoisotopic (exact) mass is 403 g/mol. The van der Waals surface area contributed by atoms with Gasteiger partial charge in [0.2, 0.25) is 0 Å². The zero-order chi connectivity index (χ0) is 20.0. The van der Waals surface area contributed by atoms with Crippen molar-refractivity contribution >= 4 is 33.4 Å². The number of carbonyl (C=O) groups excluding carboxylic acids is 2. The number of hydrogen-bond acceptors (Lipinski definition) is 6. The molecule has 2 aromatic rings. The van der Waals surface area contributed by atoms with Crippen LogP contribution in [0.15, 0.2) is 4.79 Å². The van der Waals surface area contributed by atoms with Crippen molar-refractivity contribution in [1.82, 2.24) is 14.5 Å². The van der Waals surface area contributed by atoms with Crippen LogP contribution in [-0.2, 0) is 22.5 Å². The smallest absolute Gasteiger partial charge is 0.349 e. The van der Waals surface area contributed by atoms with Crippen LogP contribution in [0.2, 0.25) is 0 Å². The summed E-state index contributed by atoms with van der Waals surface area (Å²) in [5.41, 5.74) is 0.509. The fourth-order valence-electron chi connectivity index (χ4n) is 4.45. The summed E-state index contributed by atoms with van der Waals surface area (Å²) in [5, 5.41) is 0.493. The number of rotatable bonds is 3. The lowest BCUT2D eigenvalue weighted by Crippen LogP contribution is -2.49. The molecule has 0 spiro atoms. The highest BCUT2D eigenvalue weighted by atomic mass is 32.1. The fourth-order valence-corrected chi connectivity index (χ4v) is 5.53. The van der Waals surface area contributed by atoms with E-state index in [1.165, 1.54) is 11.3 Å². The molecule has 4 rings (SSSR count). The average molecular weight is 404 g/mol. The van der Waals surface area contributed by atoms with E-state index in [9.17, 15) is 14.4 Å². The Labute approximate surface area is 167 Å². The summed E-state index contributed by atoms with van der Waals surface area (Å²) in [6.45, 7) is 6.21. The number of amides is 1. The lowest BCUT2D eigenvalue weighted by molar-refractivity contribution is -0.140. The largest absolute Gasteiger partial charge is 0.451 e. The van der Waals surface area contributed by atoms with Crippen LogP contribution in [0.5, 0.6) is 0 Å². The van der Waals surface area contributed by atoms with Gasteiger partial charge in [0.15, 0.2) is 6.61 Å². The summed E-state index contributed by atoms with van der Waals surface area (Å²) in [6, 6.07) is 0.320. The Bertz CT molecular complexity index is 999. The summed E-state index contributed by atoms with van der Waals surface area (Å²) >= 11 is 1.18. The molecule has 150 valence electrons.